The average molecular weight is 442 g/mol. The third-order valence-electron chi connectivity index (χ3n) is 4.76. The number of fused-ring (bicyclic) bond motifs is 1. The number of hydrogen-bond acceptors (Lipinski definition) is 6. The first-order valence-corrected chi connectivity index (χ1v) is 9.39. The number of imide groups is 1. The van der Waals surface area contributed by atoms with Gasteiger partial charge in [0.05, 0.1) is 5.69 Å². The second-order valence-electron chi connectivity index (χ2n) is 6.47. The van der Waals surface area contributed by atoms with Gasteiger partial charge in [-0.15, -0.1) is 0 Å². The Kier molecular flexibility index (Phi) is 4.68. The van der Waals surface area contributed by atoms with Crippen LogP contribution in [0.4, 0.5) is 11.4 Å². The van der Waals surface area contributed by atoms with E-state index in [4.69, 9.17) is 0 Å². The van der Waals surface area contributed by atoms with Gasteiger partial charge in [0.25, 0.3) is 11.8 Å². The van der Waals surface area contributed by atoms with Crippen LogP contribution in [0.2, 0.25) is 0 Å². The van der Waals surface area contributed by atoms with Crippen LogP contribution in [-0.4, -0.2) is 48.4 Å². The predicted octanol–water partition coefficient (Wildman–Crippen LogP) is 2.41. The summed E-state index contributed by atoms with van der Waals surface area (Å²) in [4.78, 5) is 40.8. The SMILES string of the molecule is CN(C(=O)CN1N=N[C@H]2C(=O)N(c3ccc(Br)cc3)C(=O)[C@H]21)c1ccccc1. The van der Waals surface area contributed by atoms with E-state index in [-0.39, 0.29) is 12.5 Å². The monoisotopic (exact) mass is 441 g/mol. The Morgan fingerprint density at radius 2 is 1.75 bits per heavy atom. The maximum Gasteiger partial charge on any atom is 0.263 e. The van der Waals surface area contributed by atoms with Crippen LogP contribution in [0.15, 0.2) is 69.4 Å². The van der Waals surface area contributed by atoms with Gasteiger partial charge in [0.2, 0.25) is 5.91 Å². The molecule has 3 amide bonds. The minimum Gasteiger partial charge on any atom is -0.314 e. The van der Waals surface area contributed by atoms with E-state index in [0.717, 1.165) is 15.1 Å². The Balaban J connectivity index is 1.52. The lowest BCUT2D eigenvalue weighted by molar-refractivity contribution is -0.124. The fourth-order valence-corrected chi connectivity index (χ4v) is 3.50. The summed E-state index contributed by atoms with van der Waals surface area (Å²) in [5, 5.41) is 9.16. The van der Waals surface area contributed by atoms with Gasteiger partial charge in [-0.2, -0.15) is 5.11 Å². The summed E-state index contributed by atoms with van der Waals surface area (Å²) in [5.41, 5.74) is 1.20. The van der Waals surface area contributed by atoms with E-state index in [1.165, 1.54) is 9.91 Å². The van der Waals surface area contributed by atoms with Gasteiger partial charge in [-0.25, -0.2) is 4.90 Å². The molecular weight excluding hydrogens is 426 g/mol. The second-order valence-corrected chi connectivity index (χ2v) is 7.38. The quantitative estimate of drug-likeness (QED) is 0.681. The van der Waals surface area contributed by atoms with Crippen LogP contribution >= 0.6 is 15.9 Å². The normalized spacial score (nSPS) is 20.6. The molecule has 2 aliphatic heterocycles. The van der Waals surface area contributed by atoms with Crippen molar-refractivity contribution in [3.05, 3.63) is 59.1 Å². The molecule has 0 radical (unpaired) electrons. The zero-order chi connectivity index (χ0) is 19.8. The van der Waals surface area contributed by atoms with Crippen LogP contribution in [0.1, 0.15) is 0 Å². The molecule has 2 heterocycles. The van der Waals surface area contributed by atoms with Crippen molar-refractivity contribution in [2.24, 2.45) is 10.3 Å². The molecule has 0 N–H and O–H groups in total. The Bertz CT molecular complexity index is 963. The number of hydrogen-bond donors (Lipinski definition) is 0. The number of para-hydroxylation sites is 1. The number of benzene rings is 2. The largest absolute Gasteiger partial charge is 0.314 e. The zero-order valence-corrected chi connectivity index (χ0v) is 16.5. The summed E-state index contributed by atoms with van der Waals surface area (Å²) < 4.78 is 0.839. The van der Waals surface area contributed by atoms with E-state index in [0.29, 0.717) is 5.69 Å². The van der Waals surface area contributed by atoms with Crippen molar-refractivity contribution < 1.29 is 14.4 Å². The van der Waals surface area contributed by atoms with Gasteiger partial charge in [-0.3, -0.25) is 19.4 Å². The van der Waals surface area contributed by atoms with Crippen molar-refractivity contribution >= 4 is 45.0 Å². The van der Waals surface area contributed by atoms with Crippen LogP contribution < -0.4 is 9.80 Å². The summed E-state index contributed by atoms with van der Waals surface area (Å²) in [5.74, 6) is -1.13. The van der Waals surface area contributed by atoms with Crippen LogP contribution in [0.25, 0.3) is 0 Å². The topological polar surface area (TPSA) is 85.7 Å². The fourth-order valence-electron chi connectivity index (χ4n) is 3.24. The highest BCUT2D eigenvalue weighted by atomic mass is 79.9. The Morgan fingerprint density at radius 1 is 1.07 bits per heavy atom. The van der Waals surface area contributed by atoms with E-state index < -0.39 is 23.9 Å². The number of carbonyl (C=O) groups is 3. The first kappa shape index (κ1) is 18.3. The van der Waals surface area contributed by atoms with E-state index in [2.05, 4.69) is 26.3 Å². The minimum atomic E-state index is -0.925. The van der Waals surface area contributed by atoms with E-state index in [9.17, 15) is 14.4 Å². The van der Waals surface area contributed by atoms with E-state index in [1.54, 1.807) is 31.3 Å². The van der Waals surface area contributed by atoms with Gasteiger partial charge < -0.3 is 4.90 Å². The summed E-state index contributed by atoms with van der Waals surface area (Å²) in [6.45, 7) is -0.150. The van der Waals surface area contributed by atoms with Gasteiger partial charge in [0.1, 0.15) is 6.54 Å². The first-order valence-electron chi connectivity index (χ1n) is 8.60. The van der Waals surface area contributed by atoms with Crippen LogP contribution in [0.5, 0.6) is 0 Å². The van der Waals surface area contributed by atoms with Crippen LogP contribution in [0.3, 0.4) is 0 Å². The second kappa shape index (κ2) is 7.16. The summed E-state index contributed by atoms with van der Waals surface area (Å²) in [6, 6.07) is 14.2. The zero-order valence-electron chi connectivity index (χ0n) is 14.9. The third kappa shape index (κ3) is 3.07. The molecule has 2 aromatic carbocycles. The molecule has 0 unspecified atom stereocenters. The number of likely N-dealkylation sites (N-methyl/N-ethyl adjacent to an activating group) is 1. The van der Waals surface area contributed by atoms with Crippen molar-refractivity contribution in [1.82, 2.24) is 5.01 Å². The van der Waals surface area contributed by atoms with E-state index >= 15 is 0 Å². The van der Waals surface area contributed by atoms with Crippen molar-refractivity contribution in [3.63, 3.8) is 0 Å². The van der Waals surface area contributed by atoms with Gasteiger partial charge in [0, 0.05) is 17.2 Å². The lowest BCUT2D eigenvalue weighted by Gasteiger charge is -2.23. The molecule has 8 nitrogen and oxygen atoms in total. The van der Waals surface area contributed by atoms with Gasteiger partial charge in [0.15, 0.2) is 12.1 Å². The molecule has 142 valence electrons. The number of carbonyl (C=O) groups excluding carboxylic acids is 3. The van der Waals surface area contributed by atoms with Gasteiger partial charge in [-0.1, -0.05) is 39.4 Å². The predicted molar refractivity (Wildman–Crippen MR) is 106 cm³/mol. The van der Waals surface area contributed by atoms with Crippen LogP contribution in [-0.2, 0) is 14.4 Å². The average Bonchev–Trinajstić information content (AvgIpc) is 3.23. The van der Waals surface area contributed by atoms with Crippen LogP contribution in [0, 0.1) is 0 Å². The molecule has 0 aliphatic carbocycles. The molecule has 28 heavy (non-hydrogen) atoms. The molecular formula is C19H16BrN5O3. The maximum atomic E-state index is 12.9. The lowest BCUT2D eigenvalue weighted by atomic mass is 10.1. The molecule has 1 fully saturated rings. The standard InChI is InChI=1S/C19H16BrN5O3/c1-23(13-5-3-2-4-6-13)15(26)11-24-17-16(21-22-24)18(27)25(19(17)28)14-9-7-12(20)8-10-14/h2-10,16-17H,11H2,1H3/t16-,17+/m1/s1. The molecule has 4 rings (SSSR count). The smallest absolute Gasteiger partial charge is 0.263 e. The molecule has 9 heteroatoms. The number of anilines is 2. The Hall–Kier alpha value is -3.07. The van der Waals surface area contributed by atoms with Crippen molar-refractivity contribution in [3.8, 4) is 0 Å². The molecule has 0 spiro atoms. The molecule has 2 aliphatic rings. The Labute approximate surface area is 169 Å². The first-order chi connectivity index (χ1) is 13.5. The summed E-state index contributed by atoms with van der Waals surface area (Å²) >= 11 is 3.33. The molecule has 2 aromatic rings. The Morgan fingerprint density at radius 3 is 2.43 bits per heavy atom. The highest BCUT2D eigenvalue weighted by Crippen LogP contribution is 2.32. The maximum absolute atomic E-state index is 12.9. The number of amides is 3. The van der Waals surface area contributed by atoms with Gasteiger partial charge >= 0.3 is 0 Å². The highest BCUT2D eigenvalue weighted by Gasteiger charge is 2.55. The minimum absolute atomic E-state index is 0.150. The molecule has 2 atom stereocenters. The number of halogens is 1. The summed E-state index contributed by atoms with van der Waals surface area (Å²) in [7, 11) is 1.65. The number of nitrogens with zero attached hydrogens (tertiary/aromatic N) is 5. The summed E-state index contributed by atoms with van der Waals surface area (Å²) in [6.07, 6.45) is 0. The fraction of sp³-hybridized carbons (Fsp3) is 0.211. The molecule has 0 bridgehead atoms. The van der Waals surface area contributed by atoms with Crippen molar-refractivity contribution in [2.45, 2.75) is 12.1 Å². The van der Waals surface area contributed by atoms with Crippen molar-refractivity contribution in [2.75, 3.05) is 23.4 Å². The molecule has 1 saturated heterocycles. The highest BCUT2D eigenvalue weighted by molar-refractivity contribution is 9.10. The van der Waals surface area contributed by atoms with E-state index in [1.807, 2.05) is 30.3 Å². The molecule has 0 aromatic heterocycles. The number of rotatable bonds is 4. The van der Waals surface area contributed by atoms with Gasteiger partial charge in [-0.05, 0) is 36.4 Å². The third-order valence-corrected chi connectivity index (χ3v) is 5.29. The van der Waals surface area contributed by atoms with Crippen molar-refractivity contribution in [1.29, 1.82) is 0 Å². The molecule has 0 saturated carbocycles. The lowest BCUT2D eigenvalue weighted by Crippen LogP contribution is -2.45.